The molecule has 0 saturated carbocycles. The molecule has 0 aliphatic carbocycles. The van der Waals surface area contributed by atoms with Crippen LogP contribution in [0.1, 0.15) is 44.2 Å². The first kappa shape index (κ1) is 18.2. The van der Waals surface area contributed by atoms with Gasteiger partial charge in [0, 0.05) is 36.8 Å². The number of likely N-dealkylation sites (tertiary alicyclic amines) is 1. The van der Waals surface area contributed by atoms with Gasteiger partial charge in [-0.1, -0.05) is 12.1 Å². The molecule has 2 aliphatic heterocycles. The lowest BCUT2D eigenvalue weighted by Gasteiger charge is -2.40. The zero-order valence-electron chi connectivity index (χ0n) is 15.8. The van der Waals surface area contributed by atoms with Gasteiger partial charge in [0.15, 0.2) is 0 Å². The number of amides is 1. The normalized spacial score (nSPS) is 24.1. The Hall–Kier alpha value is -2.21. The number of hydrogen-bond donors (Lipinski definition) is 2. The van der Waals surface area contributed by atoms with Crippen LogP contribution in [-0.4, -0.2) is 47.2 Å². The van der Waals surface area contributed by atoms with E-state index < -0.39 is 0 Å². The number of nitrogens with one attached hydrogen (secondary N) is 2. The first-order valence-corrected chi connectivity index (χ1v) is 9.86. The lowest BCUT2D eigenvalue weighted by atomic mass is 9.80. The van der Waals surface area contributed by atoms with Crippen molar-refractivity contribution in [1.29, 1.82) is 0 Å². The number of aromatic nitrogens is 2. The van der Waals surface area contributed by atoms with Crippen molar-refractivity contribution in [1.82, 2.24) is 20.4 Å². The van der Waals surface area contributed by atoms with Crippen LogP contribution in [0.2, 0.25) is 0 Å². The van der Waals surface area contributed by atoms with Gasteiger partial charge >= 0.3 is 0 Å². The number of hydrogen-bond acceptors (Lipinski definition) is 3. The van der Waals surface area contributed by atoms with E-state index in [9.17, 15) is 9.18 Å². The van der Waals surface area contributed by atoms with E-state index in [0.29, 0.717) is 5.92 Å². The van der Waals surface area contributed by atoms with Gasteiger partial charge in [-0.05, 0) is 56.8 Å². The minimum Gasteiger partial charge on any atom is -0.342 e. The third-order valence-corrected chi connectivity index (χ3v) is 6.11. The summed E-state index contributed by atoms with van der Waals surface area (Å²) in [6.45, 7) is 5.40. The van der Waals surface area contributed by atoms with Crippen molar-refractivity contribution in [2.24, 2.45) is 5.41 Å². The molecule has 2 fully saturated rings. The van der Waals surface area contributed by atoms with Crippen LogP contribution in [0.15, 0.2) is 30.5 Å². The molecule has 1 atom stereocenters. The molecule has 1 aromatic carbocycles. The monoisotopic (exact) mass is 370 g/mol. The highest BCUT2D eigenvalue weighted by Gasteiger charge is 2.39. The highest BCUT2D eigenvalue weighted by molar-refractivity contribution is 5.83. The second-order valence-electron chi connectivity index (χ2n) is 8.12. The Bertz CT molecular complexity index is 804. The van der Waals surface area contributed by atoms with E-state index in [4.69, 9.17) is 0 Å². The highest BCUT2D eigenvalue weighted by Crippen LogP contribution is 2.36. The second-order valence-corrected chi connectivity index (χ2v) is 8.12. The van der Waals surface area contributed by atoms with Gasteiger partial charge in [-0.15, -0.1) is 0 Å². The van der Waals surface area contributed by atoms with Crippen molar-refractivity contribution in [3.05, 3.63) is 42.0 Å². The number of benzene rings is 1. The SMILES string of the molecule is C[C@]1(C(=O)N2CCC(c3[nH]ncc3-c3cccc(F)c3)CC2)CCCNC1. The molecule has 3 heterocycles. The number of carbonyl (C=O) groups is 1. The topological polar surface area (TPSA) is 61.0 Å². The third kappa shape index (κ3) is 3.63. The van der Waals surface area contributed by atoms with E-state index in [1.54, 1.807) is 18.3 Å². The first-order valence-electron chi connectivity index (χ1n) is 9.86. The third-order valence-electron chi connectivity index (χ3n) is 6.11. The van der Waals surface area contributed by atoms with Crippen molar-refractivity contribution in [2.75, 3.05) is 26.2 Å². The molecule has 4 rings (SSSR count). The van der Waals surface area contributed by atoms with Crippen LogP contribution in [0.5, 0.6) is 0 Å². The van der Waals surface area contributed by atoms with Gasteiger partial charge in [-0.2, -0.15) is 5.10 Å². The van der Waals surface area contributed by atoms with Gasteiger partial charge in [0.1, 0.15) is 5.82 Å². The zero-order valence-corrected chi connectivity index (χ0v) is 15.8. The van der Waals surface area contributed by atoms with Gasteiger partial charge in [-0.25, -0.2) is 4.39 Å². The number of aromatic amines is 1. The maximum atomic E-state index is 13.6. The molecule has 2 aliphatic rings. The van der Waals surface area contributed by atoms with Crippen molar-refractivity contribution in [3.8, 4) is 11.1 Å². The number of carbonyl (C=O) groups excluding carboxylic acids is 1. The Kier molecular flexibility index (Phi) is 5.00. The van der Waals surface area contributed by atoms with Crippen LogP contribution < -0.4 is 5.32 Å². The number of rotatable bonds is 3. The predicted molar refractivity (Wildman–Crippen MR) is 103 cm³/mol. The van der Waals surface area contributed by atoms with Crippen molar-refractivity contribution >= 4 is 5.91 Å². The lowest BCUT2D eigenvalue weighted by Crippen LogP contribution is -2.52. The van der Waals surface area contributed by atoms with Gasteiger partial charge in [-0.3, -0.25) is 9.89 Å². The predicted octanol–water partition coefficient (Wildman–Crippen LogP) is 3.31. The molecule has 0 unspecified atom stereocenters. The number of halogens is 1. The Morgan fingerprint density at radius 3 is 2.85 bits per heavy atom. The summed E-state index contributed by atoms with van der Waals surface area (Å²) in [6, 6.07) is 6.63. The standard InChI is InChI=1S/C21H27FN4O/c1-21(8-3-9-23-14-21)20(27)26-10-6-15(7-11-26)19-18(13-24-25-19)16-4-2-5-17(22)12-16/h2,4-5,12-13,15,23H,3,6-11,14H2,1H3,(H,24,25)/t21-/m0/s1. The maximum Gasteiger partial charge on any atom is 0.229 e. The minimum atomic E-state index is -0.272. The van der Waals surface area contributed by atoms with Crippen molar-refractivity contribution in [2.45, 2.75) is 38.5 Å². The lowest BCUT2D eigenvalue weighted by molar-refractivity contribution is -0.143. The summed E-state index contributed by atoms with van der Waals surface area (Å²) in [7, 11) is 0. The molecule has 27 heavy (non-hydrogen) atoms. The minimum absolute atomic E-state index is 0.241. The fraction of sp³-hybridized carbons (Fsp3) is 0.524. The van der Waals surface area contributed by atoms with Gasteiger partial charge in [0.2, 0.25) is 5.91 Å². The Morgan fingerprint density at radius 2 is 2.15 bits per heavy atom. The molecule has 1 amide bonds. The number of nitrogens with zero attached hydrogens (tertiary/aromatic N) is 2. The smallest absolute Gasteiger partial charge is 0.229 e. The van der Waals surface area contributed by atoms with Gasteiger partial charge in [0.05, 0.1) is 11.6 Å². The maximum absolute atomic E-state index is 13.6. The highest BCUT2D eigenvalue weighted by atomic mass is 19.1. The van der Waals surface area contributed by atoms with E-state index in [-0.39, 0.29) is 17.1 Å². The molecule has 0 radical (unpaired) electrons. The van der Waals surface area contributed by atoms with E-state index in [0.717, 1.165) is 68.7 Å². The van der Waals surface area contributed by atoms with Gasteiger partial charge in [0.25, 0.3) is 0 Å². The summed E-state index contributed by atoms with van der Waals surface area (Å²) in [6.07, 6.45) is 5.60. The van der Waals surface area contributed by atoms with Crippen molar-refractivity contribution < 1.29 is 9.18 Å². The summed E-state index contributed by atoms with van der Waals surface area (Å²) in [5.41, 5.74) is 2.59. The van der Waals surface area contributed by atoms with Crippen LogP contribution >= 0.6 is 0 Å². The molecule has 144 valence electrons. The first-order chi connectivity index (χ1) is 13.1. The summed E-state index contributed by atoms with van der Waals surface area (Å²) in [4.78, 5) is 15.0. The Balaban J connectivity index is 1.44. The molecule has 0 spiro atoms. The molecule has 2 aromatic rings. The second kappa shape index (κ2) is 7.43. The summed E-state index contributed by atoms with van der Waals surface area (Å²) in [5.74, 6) is 0.352. The summed E-state index contributed by atoms with van der Waals surface area (Å²) in [5, 5.41) is 10.7. The molecule has 0 bridgehead atoms. The van der Waals surface area contributed by atoms with E-state index >= 15 is 0 Å². The van der Waals surface area contributed by atoms with Crippen LogP contribution in [0.3, 0.4) is 0 Å². The average Bonchev–Trinajstić information content (AvgIpc) is 3.18. The quantitative estimate of drug-likeness (QED) is 0.871. The largest absolute Gasteiger partial charge is 0.342 e. The molecule has 6 heteroatoms. The Labute approximate surface area is 159 Å². The zero-order chi connectivity index (χ0) is 18.9. The number of piperidine rings is 2. The van der Waals surface area contributed by atoms with Gasteiger partial charge < -0.3 is 10.2 Å². The molecular weight excluding hydrogens is 343 g/mol. The fourth-order valence-electron chi connectivity index (χ4n) is 4.49. The van der Waals surface area contributed by atoms with E-state index in [2.05, 4.69) is 22.4 Å². The fourth-order valence-corrected chi connectivity index (χ4v) is 4.49. The summed E-state index contributed by atoms with van der Waals surface area (Å²) < 4.78 is 13.6. The van der Waals surface area contributed by atoms with E-state index in [1.165, 1.54) is 6.07 Å². The Morgan fingerprint density at radius 1 is 1.33 bits per heavy atom. The molecule has 2 N–H and O–H groups in total. The average molecular weight is 370 g/mol. The number of H-pyrrole nitrogens is 1. The van der Waals surface area contributed by atoms with Crippen LogP contribution in [0, 0.1) is 11.2 Å². The van der Waals surface area contributed by atoms with E-state index in [1.807, 2.05) is 11.0 Å². The summed E-state index contributed by atoms with van der Waals surface area (Å²) >= 11 is 0. The molecule has 5 nitrogen and oxygen atoms in total. The molecular formula is C21H27FN4O. The molecule has 1 aromatic heterocycles. The van der Waals surface area contributed by atoms with Crippen molar-refractivity contribution in [3.63, 3.8) is 0 Å². The van der Waals surface area contributed by atoms with Crippen LogP contribution in [-0.2, 0) is 4.79 Å². The molecule has 2 saturated heterocycles. The van der Waals surface area contributed by atoms with Crippen LogP contribution in [0.25, 0.3) is 11.1 Å². The van der Waals surface area contributed by atoms with Crippen LogP contribution in [0.4, 0.5) is 4.39 Å².